The predicted octanol–water partition coefficient (Wildman–Crippen LogP) is 2.11. The van der Waals surface area contributed by atoms with Gasteiger partial charge in [0, 0.05) is 6.54 Å². The van der Waals surface area contributed by atoms with Crippen LogP contribution in [0.1, 0.15) is 25.3 Å². The van der Waals surface area contributed by atoms with Crippen molar-refractivity contribution in [2.45, 2.75) is 32.9 Å². The van der Waals surface area contributed by atoms with Crippen molar-refractivity contribution >= 4 is 5.95 Å². The molecule has 1 N–H and O–H groups in total. The summed E-state index contributed by atoms with van der Waals surface area (Å²) in [5.74, 6) is 2.30. The molecule has 8 heteroatoms. The SMILES string of the molecule is CCCCn1nnc(NCc2cc(OC)c(OC)c(OC)c2)n1. The summed E-state index contributed by atoms with van der Waals surface area (Å²) >= 11 is 0. The summed E-state index contributed by atoms with van der Waals surface area (Å²) in [5.41, 5.74) is 0.962. The minimum atomic E-state index is 0.495. The Labute approximate surface area is 135 Å². The molecule has 0 amide bonds. The van der Waals surface area contributed by atoms with Crippen LogP contribution in [0.15, 0.2) is 12.1 Å². The summed E-state index contributed by atoms with van der Waals surface area (Å²) in [6.45, 7) is 3.42. The Bertz CT molecular complexity index is 604. The lowest BCUT2D eigenvalue weighted by molar-refractivity contribution is 0.324. The number of benzene rings is 1. The molecule has 1 heterocycles. The minimum absolute atomic E-state index is 0.495. The maximum Gasteiger partial charge on any atom is 0.263 e. The van der Waals surface area contributed by atoms with Crippen molar-refractivity contribution in [2.75, 3.05) is 26.6 Å². The lowest BCUT2D eigenvalue weighted by Crippen LogP contribution is -2.05. The Morgan fingerprint density at radius 2 is 1.78 bits per heavy atom. The van der Waals surface area contributed by atoms with E-state index in [9.17, 15) is 0 Å². The van der Waals surface area contributed by atoms with Crippen LogP contribution in [0.5, 0.6) is 17.2 Å². The Balaban J connectivity index is 2.06. The van der Waals surface area contributed by atoms with Crippen molar-refractivity contribution in [1.82, 2.24) is 20.2 Å². The lowest BCUT2D eigenvalue weighted by atomic mass is 10.2. The van der Waals surface area contributed by atoms with E-state index in [1.54, 1.807) is 26.1 Å². The van der Waals surface area contributed by atoms with Gasteiger partial charge in [0.15, 0.2) is 11.5 Å². The second kappa shape index (κ2) is 8.21. The van der Waals surface area contributed by atoms with Gasteiger partial charge in [-0.1, -0.05) is 18.4 Å². The molecule has 2 aromatic rings. The molecule has 1 aromatic heterocycles. The van der Waals surface area contributed by atoms with E-state index < -0.39 is 0 Å². The normalized spacial score (nSPS) is 10.4. The Morgan fingerprint density at radius 3 is 2.35 bits per heavy atom. The largest absolute Gasteiger partial charge is 0.493 e. The highest BCUT2D eigenvalue weighted by Crippen LogP contribution is 2.38. The average molecular weight is 321 g/mol. The van der Waals surface area contributed by atoms with Crippen LogP contribution in [0.4, 0.5) is 5.95 Å². The van der Waals surface area contributed by atoms with Gasteiger partial charge in [0.05, 0.1) is 27.9 Å². The van der Waals surface area contributed by atoms with Gasteiger partial charge >= 0.3 is 0 Å². The molecule has 0 saturated carbocycles. The minimum Gasteiger partial charge on any atom is -0.493 e. The van der Waals surface area contributed by atoms with Crippen LogP contribution in [0.25, 0.3) is 0 Å². The number of rotatable bonds is 9. The average Bonchev–Trinajstić information content (AvgIpc) is 3.04. The lowest BCUT2D eigenvalue weighted by Gasteiger charge is -2.14. The zero-order valence-corrected chi connectivity index (χ0v) is 14.0. The Kier molecular flexibility index (Phi) is 6.02. The first kappa shape index (κ1) is 16.9. The van der Waals surface area contributed by atoms with Crippen molar-refractivity contribution in [3.63, 3.8) is 0 Å². The molecule has 0 bridgehead atoms. The van der Waals surface area contributed by atoms with Crippen LogP contribution >= 0.6 is 0 Å². The monoisotopic (exact) mass is 321 g/mol. The third-order valence-corrected chi connectivity index (χ3v) is 3.34. The van der Waals surface area contributed by atoms with Crippen molar-refractivity contribution in [3.8, 4) is 17.2 Å². The molecular weight excluding hydrogens is 298 g/mol. The molecule has 0 spiro atoms. The first-order chi connectivity index (χ1) is 11.2. The Hall–Kier alpha value is -2.51. The van der Waals surface area contributed by atoms with E-state index in [1.807, 2.05) is 12.1 Å². The number of hydrogen-bond donors (Lipinski definition) is 1. The fraction of sp³-hybridized carbons (Fsp3) is 0.533. The molecule has 0 fully saturated rings. The number of methoxy groups -OCH3 is 3. The molecule has 0 radical (unpaired) electrons. The fourth-order valence-corrected chi connectivity index (χ4v) is 2.13. The number of unbranched alkanes of at least 4 members (excludes halogenated alkanes) is 1. The van der Waals surface area contributed by atoms with E-state index in [2.05, 4.69) is 27.7 Å². The fourth-order valence-electron chi connectivity index (χ4n) is 2.13. The van der Waals surface area contributed by atoms with Crippen molar-refractivity contribution in [3.05, 3.63) is 17.7 Å². The standard InChI is InChI=1S/C15H23N5O3/c1-5-6-7-20-18-15(17-19-20)16-10-11-8-12(21-2)14(23-4)13(9-11)22-3/h8-9H,5-7,10H2,1-4H3,(H,16,18). The first-order valence-corrected chi connectivity index (χ1v) is 7.52. The second-order valence-electron chi connectivity index (χ2n) is 4.95. The first-order valence-electron chi connectivity index (χ1n) is 7.52. The predicted molar refractivity (Wildman–Crippen MR) is 86.1 cm³/mol. The number of aromatic nitrogens is 4. The zero-order valence-electron chi connectivity index (χ0n) is 14.0. The van der Waals surface area contributed by atoms with Gasteiger partial charge in [-0.15, -0.1) is 5.10 Å². The summed E-state index contributed by atoms with van der Waals surface area (Å²) < 4.78 is 16.0. The third-order valence-electron chi connectivity index (χ3n) is 3.34. The van der Waals surface area contributed by atoms with Gasteiger partial charge in [-0.25, -0.2) is 0 Å². The van der Waals surface area contributed by atoms with E-state index >= 15 is 0 Å². The molecule has 8 nitrogen and oxygen atoms in total. The summed E-state index contributed by atoms with van der Waals surface area (Å²) in [6.07, 6.45) is 2.12. The number of anilines is 1. The van der Waals surface area contributed by atoms with Gasteiger partial charge in [-0.05, 0) is 29.3 Å². The van der Waals surface area contributed by atoms with Gasteiger partial charge in [0.2, 0.25) is 5.75 Å². The van der Waals surface area contributed by atoms with Crippen LogP contribution in [-0.4, -0.2) is 41.5 Å². The van der Waals surface area contributed by atoms with E-state index in [0.29, 0.717) is 29.7 Å². The summed E-state index contributed by atoms with van der Waals surface area (Å²) in [6, 6.07) is 3.77. The molecule has 0 aliphatic heterocycles. The van der Waals surface area contributed by atoms with Crippen LogP contribution in [0, 0.1) is 0 Å². The van der Waals surface area contributed by atoms with E-state index in [1.165, 1.54) is 0 Å². The van der Waals surface area contributed by atoms with Crippen LogP contribution in [0.2, 0.25) is 0 Å². The van der Waals surface area contributed by atoms with Gasteiger partial charge < -0.3 is 19.5 Å². The molecule has 23 heavy (non-hydrogen) atoms. The number of ether oxygens (including phenoxy) is 3. The topological polar surface area (TPSA) is 83.3 Å². The summed E-state index contributed by atoms with van der Waals surface area (Å²) in [4.78, 5) is 1.60. The number of aryl methyl sites for hydroxylation is 1. The van der Waals surface area contributed by atoms with Gasteiger partial charge in [0.25, 0.3) is 5.95 Å². The maximum absolute atomic E-state index is 5.34. The number of nitrogens with one attached hydrogen (secondary N) is 1. The second-order valence-corrected chi connectivity index (χ2v) is 4.95. The number of nitrogens with zero attached hydrogens (tertiary/aromatic N) is 4. The highest BCUT2D eigenvalue weighted by atomic mass is 16.5. The Morgan fingerprint density at radius 1 is 1.09 bits per heavy atom. The van der Waals surface area contributed by atoms with E-state index in [0.717, 1.165) is 24.9 Å². The van der Waals surface area contributed by atoms with Crippen LogP contribution in [0.3, 0.4) is 0 Å². The highest BCUT2D eigenvalue weighted by molar-refractivity contribution is 5.54. The van der Waals surface area contributed by atoms with Gasteiger partial charge in [-0.2, -0.15) is 4.80 Å². The number of hydrogen-bond acceptors (Lipinski definition) is 7. The van der Waals surface area contributed by atoms with Gasteiger partial charge in [-0.3, -0.25) is 0 Å². The van der Waals surface area contributed by atoms with Crippen molar-refractivity contribution in [1.29, 1.82) is 0 Å². The zero-order chi connectivity index (χ0) is 16.7. The molecular formula is C15H23N5O3. The van der Waals surface area contributed by atoms with Crippen molar-refractivity contribution < 1.29 is 14.2 Å². The van der Waals surface area contributed by atoms with Crippen molar-refractivity contribution in [2.24, 2.45) is 0 Å². The molecule has 0 saturated heterocycles. The van der Waals surface area contributed by atoms with Gasteiger partial charge in [0.1, 0.15) is 0 Å². The van der Waals surface area contributed by atoms with E-state index in [4.69, 9.17) is 14.2 Å². The summed E-state index contributed by atoms with van der Waals surface area (Å²) in [5, 5.41) is 15.4. The molecule has 1 aromatic carbocycles. The third kappa shape index (κ3) is 4.24. The molecule has 0 aliphatic carbocycles. The number of tetrazole rings is 1. The summed E-state index contributed by atoms with van der Waals surface area (Å²) in [7, 11) is 4.77. The molecule has 2 rings (SSSR count). The molecule has 0 unspecified atom stereocenters. The van der Waals surface area contributed by atoms with Crippen LogP contribution in [-0.2, 0) is 13.1 Å². The molecule has 0 atom stereocenters. The smallest absolute Gasteiger partial charge is 0.263 e. The quantitative estimate of drug-likeness (QED) is 0.757. The molecule has 126 valence electrons. The highest BCUT2D eigenvalue weighted by Gasteiger charge is 2.13. The van der Waals surface area contributed by atoms with E-state index in [-0.39, 0.29) is 0 Å². The maximum atomic E-state index is 5.34. The molecule has 0 aliphatic rings. The van der Waals surface area contributed by atoms with Crippen LogP contribution < -0.4 is 19.5 Å².